The largest absolute Gasteiger partial charge is 0.494 e. The lowest BCUT2D eigenvalue weighted by atomic mass is 10.0. The summed E-state index contributed by atoms with van der Waals surface area (Å²) in [6.45, 7) is 4.45. The van der Waals surface area contributed by atoms with Gasteiger partial charge in [-0.15, -0.1) is 5.10 Å². The maximum absolute atomic E-state index is 12.5. The van der Waals surface area contributed by atoms with Gasteiger partial charge in [-0.25, -0.2) is 0 Å². The molecule has 4 rings (SSSR count). The number of benzene rings is 2. The fraction of sp³-hybridized carbons (Fsp3) is 0.200. The number of rotatable bonds is 5. The molecule has 0 bridgehead atoms. The second-order valence-electron chi connectivity index (χ2n) is 6.59. The molecule has 0 saturated carbocycles. The van der Waals surface area contributed by atoms with Crippen LogP contribution in [0.1, 0.15) is 16.7 Å². The van der Waals surface area contributed by atoms with E-state index in [4.69, 9.17) is 4.74 Å². The summed E-state index contributed by atoms with van der Waals surface area (Å²) >= 11 is 0. The Bertz CT molecular complexity index is 1200. The Hall–Kier alpha value is -3.68. The molecule has 0 unspecified atom stereocenters. The predicted molar refractivity (Wildman–Crippen MR) is 107 cm³/mol. The number of aryl methyl sites for hydroxylation is 2. The maximum Gasteiger partial charge on any atom is 0.253 e. The van der Waals surface area contributed by atoms with Gasteiger partial charge in [0, 0.05) is 23.9 Å². The summed E-state index contributed by atoms with van der Waals surface area (Å²) in [5.41, 5.74) is 5.27. The SMILES string of the molecule is COc1cc(NCc2cc3ccc(C)c(C)c3[nH]c2=O)ccc1-n1cnnn1. The number of nitrogens with one attached hydrogen (secondary N) is 2. The second kappa shape index (κ2) is 7.15. The molecule has 2 heterocycles. The first-order chi connectivity index (χ1) is 13.6. The molecule has 0 atom stereocenters. The van der Waals surface area contributed by atoms with Crippen LogP contribution in [0.3, 0.4) is 0 Å². The Morgan fingerprint density at radius 3 is 2.79 bits per heavy atom. The fourth-order valence-electron chi connectivity index (χ4n) is 3.15. The molecule has 0 saturated heterocycles. The van der Waals surface area contributed by atoms with E-state index in [9.17, 15) is 4.79 Å². The Morgan fingerprint density at radius 2 is 2.04 bits per heavy atom. The van der Waals surface area contributed by atoms with Gasteiger partial charge in [0.25, 0.3) is 5.56 Å². The van der Waals surface area contributed by atoms with E-state index in [-0.39, 0.29) is 5.56 Å². The van der Waals surface area contributed by atoms with Gasteiger partial charge in [-0.05, 0) is 59.0 Å². The standard InChI is InChI=1S/C20H20N6O2/c1-12-4-5-14-8-15(20(27)23-19(14)13(12)2)10-21-16-6-7-17(18(9-16)28-3)26-11-22-24-25-26/h4-9,11,21H,10H2,1-3H3,(H,23,27). The van der Waals surface area contributed by atoms with Crippen LogP contribution in [-0.2, 0) is 6.54 Å². The Balaban J connectivity index is 1.60. The van der Waals surface area contributed by atoms with Crippen molar-refractivity contribution in [1.29, 1.82) is 0 Å². The van der Waals surface area contributed by atoms with Crippen molar-refractivity contribution in [3.8, 4) is 11.4 Å². The van der Waals surface area contributed by atoms with Gasteiger partial charge in [0.05, 0.1) is 12.6 Å². The highest BCUT2D eigenvalue weighted by atomic mass is 16.5. The number of H-pyrrole nitrogens is 1. The number of ether oxygens (including phenoxy) is 1. The Kier molecular flexibility index (Phi) is 4.52. The van der Waals surface area contributed by atoms with Crippen LogP contribution in [0.15, 0.2) is 47.5 Å². The number of fused-ring (bicyclic) bond motifs is 1. The van der Waals surface area contributed by atoms with Crippen LogP contribution in [0.5, 0.6) is 5.75 Å². The zero-order valence-corrected chi connectivity index (χ0v) is 15.9. The first kappa shape index (κ1) is 17.7. The monoisotopic (exact) mass is 376 g/mol. The highest BCUT2D eigenvalue weighted by Gasteiger charge is 2.10. The normalized spacial score (nSPS) is 11.0. The summed E-state index contributed by atoms with van der Waals surface area (Å²) < 4.78 is 6.97. The van der Waals surface area contributed by atoms with Gasteiger partial charge in [-0.3, -0.25) is 4.79 Å². The van der Waals surface area contributed by atoms with Crippen molar-refractivity contribution < 1.29 is 4.74 Å². The van der Waals surface area contributed by atoms with E-state index in [1.807, 2.05) is 44.2 Å². The number of hydrogen-bond donors (Lipinski definition) is 2. The van der Waals surface area contributed by atoms with Crippen molar-refractivity contribution in [1.82, 2.24) is 25.2 Å². The Morgan fingerprint density at radius 1 is 1.18 bits per heavy atom. The average molecular weight is 376 g/mol. The smallest absolute Gasteiger partial charge is 0.253 e. The number of hydrogen-bond acceptors (Lipinski definition) is 6. The number of anilines is 1. The molecule has 2 aromatic carbocycles. The number of pyridine rings is 1. The molecule has 0 aliphatic heterocycles. The zero-order valence-electron chi connectivity index (χ0n) is 15.9. The zero-order chi connectivity index (χ0) is 19.7. The lowest BCUT2D eigenvalue weighted by Gasteiger charge is -2.12. The highest BCUT2D eigenvalue weighted by Crippen LogP contribution is 2.26. The minimum atomic E-state index is -0.0917. The van der Waals surface area contributed by atoms with E-state index in [0.717, 1.165) is 33.4 Å². The van der Waals surface area contributed by atoms with Gasteiger partial charge < -0.3 is 15.0 Å². The molecular weight excluding hydrogens is 356 g/mol. The maximum atomic E-state index is 12.5. The molecule has 142 valence electrons. The first-order valence-corrected chi connectivity index (χ1v) is 8.84. The topological polar surface area (TPSA) is 97.7 Å². The molecule has 2 N–H and O–H groups in total. The third-order valence-electron chi connectivity index (χ3n) is 4.89. The van der Waals surface area contributed by atoms with E-state index in [0.29, 0.717) is 17.9 Å². The van der Waals surface area contributed by atoms with Crippen molar-refractivity contribution in [2.24, 2.45) is 0 Å². The van der Waals surface area contributed by atoms with E-state index >= 15 is 0 Å². The third kappa shape index (κ3) is 3.20. The van der Waals surface area contributed by atoms with E-state index < -0.39 is 0 Å². The lowest BCUT2D eigenvalue weighted by molar-refractivity contribution is 0.411. The molecule has 0 fully saturated rings. The van der Waals surface area contributed by atoms with Gasteiger partial charge in [-0.2, -0.15) is 4.68 Å². The van der Waals surface area contributed by atoms with Crippen molar-refractivity contribution in [3.63, 3.8) is 0 Å². The van der Waals surface area contributed by atoms with Gasteiger partial charge in [0.2, 0.25) is 0 Å². The molecule has 8 nitrogen and oxygen atoms in total. The van der Waals surface area contributed by atoms with Gasteiger partial charge in [-0.1, -0.05) is 12.1 Å². The average Bonchev–Trinajstić information content (AvgIpc) is 3.24. The molecule has 0 amide bonds. The molecular formula is C20H20N6O2. The minimum absolute atomic E-state index is 0.0917. The predicted octanol–water partition coefficient (Wildman–Crippen LogP) is 2.74. The molecule has 0 aliphatic carbocycles. The van der Waals surface area contributed by atoms with Crippen LogP contribution >= 0.6 is 0 Å². The number of tetrazole rings is 1. The quantitative estimate of drug-likeness (QED) is 0.556. The van der Waals surface area contributed by atoms with Gasteiger partial charge in [0.15, 0.2) is 0 Å². The van der Waals surface area contributed by atoms with E-state index in [1.165, 1.54) is 11.0 Å². The third-order valence-corrected chi connectivity index (χ3v) is 4.89. The van der Waals surface area contributed by atoms with Crippen molar-refractivity contribution >= 4 is 16.6 Å². The summed E-state index contributed by atoms with van der Waals surface area (Å²) in [6, 6.07) is 11.6. The van der Waals surface area contributed by atoms with Crippen LogP contribution < -0.4 is 15.6 Å². The van der Waals surface area contributed by atoms with Crippen LogP contribution in [0.4, 0.5) is 5.69 Å². The lowest BCUT2D eigenvalue weighted by Crippen LogP contribution is -2.16. The van der Waals surface area contributed by atoms with E-state index in [2.05, 4.69) is 31.9 Å². The number of nitrogens with zero attached hydrogens (tertiary/aromatic N) is 4. The summed E-state index contributed by atoms with van der Waals surface area (Å²) in [5, 5.41) is 15.5. The van der Waals surface area contributed by atoms with Crippen molar-refractivity contribution in [2.45, 2.75) is 20.4 Å². The van der Waals surface area contributed by atoms with Gasteiger partial charge >= 0.3 is 0 Å². The highest BCUT2D eigenvalue weighted by molar-refractivity contribution is 5.83. The second-order valence-corrected chi connectivity index (χ2v) is 6.59. The molecule has 0 aliphatic rings. The van der Waals surface area contributed by atoms with Crippen LogP contribution in [-0.4, -0.2) is 32.3 Å². The van der Waals surface area contributed by atoms with Crippen LogP contribution in [0.2, 0.25) is 0 Å². The number of aromatic amines is 1. The molecule has 4 aromatic rings. The van der Waals surface area contributed by atoms with Crippen molar-refractivity contribution in [2.75, 3.05) is 12.4 Å². The van der Waals surface area contributed by atoms with Crippen molar-refractivity contribution in [3.05, 3.63) is 69.8 Å². The summed E-state index contributed by atoms with van der Waals surface area (Å²) in [5.74, 6) is 0.621. The first-order valence-electron chi connectivity index (χ1n) is 8.84. The molecule has 0 spiro atoms. The van der Waals surface area contributed by atoms with Gasteiger partial charge in [0.1, 0.15) is 17.8 Å². The van der Waals surface area contributed by atoms with E-state index in [1.54, 1.807) is 7.11 Å². The molecule has 2 aromatic heterocycles. The summed E-state index contributed by atoms with van der Waals surface area (Å²) in [7, 11) is 1.59. The van der Waals surface area contributed by atoms with Crippen LogP contribution in [0, 0.1) is 13.8 Å². The van der Waals surface area contributed by atoms with Crippen LogP contribution in [0.25, 0.3) is 16.6 Å². The molecule has 8 heteroatoms. The summed E-state index contributed by atoms with van der Waals surface area (Å²) in [4.78, 5) is 15.5. The molecule has 28 heavy (non-hydrogen) atoms. The molecule has 0 radical (unpaired) electrons. The fourth-order valence-corrected chi connectivity index (χ4v) is 3.15. The number of methoxy groups -OCH3 is 1. The Labute approximate surface area is 161 Å². The minimum Gasteiger partial charge on any atom is -0.494 e. The summed E-state index contributed by atoms with van der Waals surface area (Å²) in [6.07, 6.45) is 1.50. The number of aromatic nitrogens is 5.